The van der Waals surface area contributed by atoms with Crippen molar-refractivity contribution in [3.8, 4) is 0 Å². The number of esters is 1. The predicted molar refractivity (Wildman–Crippen MR) is 112 cm³/mol. The van der Waals surface area contributed by atoms with Gasteiger partial charge in [0.25, 0.3) is 0 Å². The van der Waals surface area contributed by atoms with E-state index in [0.717, 1.165) is 45.3 Å². The van der Waals surface area contributed by atoms with E-state index in [4.69, 9.17) is 24.1 Å². The van der Waals surface area contributed by atoms with Crippen molar-refractivity contribution >= 4 is 18.2 Å². The molecule has 0 aliphatic rings. The summed E-state index contributed by atoms with van der Waals surface area (Å²) >= 11 is 0. The summed E-state index contributed by atoms with van der Waals surface area (Å²) < 4.78 is 25.8. The van der Waals surface area contributed by atoms with Crippen molar-refractivity contribution in [2.45, 2.75) is 32.1 Å². The average molecular weight is 451 g/mol. The summed E-state index contributed by atoms with van der Waals surface area (Å²) in [5.41, 5.74) is 0. The summed E-state index contributed by atoms with van der Waals surface area (Å²) in [5.74, 6) is -1.72. The van der Waals surface area contributed by atoms with Gasteiger partial charge in [0.05, 0.1) is 59.3 Å². The van der Waals surface area contributed by atoms with Gasteiger partial charge < -0.3 is 34.1 Å². The second-order valence-corrected chi connectivity index (χ2v) is 6.48. The Bertz CT molecular complexity index is 439. The van der Waals surface area contributed by atoms with Gasteiger partial charge in [0, 0.05) is 6.54 Å². The van der Waals surface area contributed by atoms with E-state index in [1.807, 2.05) is 0 Å². The van der Waals surface area contributed by atoms with Gasteiger partial charge in [0.2, 0.25) is 6.29 Å². The Balaban J connectivity index is 3.04. The first-order chi connectivity index (χ1) is 15.2. The van der Waals surface area contributed by atoms with Gasteiger partial charge in [-0.05, 0) is 25.9 Å². The Morgan fingerprint density at radius 3 is 1.74 bits per heavy atom. The van der Waals surface area contributed by atoms with Crippen LogP contribution in [0.4, 0.5) is 0 Å². The summed E-state index contributed by atoms with van der Waals surface area (Å²) in [6, 6.07) is 0. The van der Waals surface area contributed by atoms with Crippen molar-refractivity contribution in [2.24, 2.45) is 0 Å². The molecule has 182 valence electrons. The molecule has 0 fully saturated rings. The van der Waals surface area contributed by atoms with Crippen LogP contribution < -0.4 is 10.6 Å². The maximum Gasteiger partial charge on any atom is 0.372 e. The molecule has 0 aromatic rings. The number of carboxylic acid groups (broad SMARTS) is 1. The van der Waals surface area contributed by atoms with E-state index in [1.165, 1.54) is 0 Å². The summed E-state index contributed by atoms with van der Waals surface area (Å²) in [4.78, 5) is 30.9. The molecule has 0 aromatic heterocycles. The van der Waals surface area contributed by atoms with E-state index < -0.39 is 11.9 Å². The topological polar surface area (TPSA) is 142 Å². The molecule has 0 aliphatic heterocycles. The number of hydrogen-bond donors (Lipinski definition) is 3. The van der Waals surface area contributed by atoms with Gasteiger partial charge in [0.15, 0.2) is 0 Å². The quantitative estimate of drug-likeness (QED) is 0.0567. The van der Waals surface area contributed by atoms with E-state index >= 15 is 0 Å². The zero-order chi connectivity index (χ0) is 22.8. The highest BCUT2D eigenvalue weighted by atomic mass is 16.6. The minimum atomic E-state index is -0.870. The van der Waals surface area contributed by atoms with Crippen LogP contribution >= 0.6 is 0 Å². The normalized spacial score (nSPS) is 10.8. The number of unbranched alkanes of at least 4 members (excludes halogenated alkanes) is 3. The van der Waals surface area contributed by atoms with Gasteiger partial charge in [0.1, 0.15) is 6.73 Å². The van der Waals surface area contributed by atoms with Gasteiger partial charge >= 0.3 is 11.9 Å². The van der Waals surface area contributed by atoms with Gasteiger partial charge in [-0.3, -0.25) is 14.9 Å². The highest BCUT2D eigenvalue weighted by molar-refractivity contribution is 6.20. The molecule has 0 aliphatic carbocycles. The third-order valence-corrected chi connectivity index (χ3v) is 3.87. The standard InChI is InChI=1S/C20H38N2O9/c23-17-20(26)31-18-22-7-4-2-1-3-6-21-8-10-28-12-14-30-16-15-29-13-11-27-9-5-19(24)25/h17,21-22H,1-16,18H2,(H,24,25). The number of carboxylic acids is 1. The van der Waals surface area contributed by atoms with E-state index in [0.29, 0.717) is 46.2 Å². The molecule has 31 heavy (non-hydrogen) atoms. The Morgan fingerprint density at radius 2 is 1.19 bits per heavy atom. The maximum atomic E-state index is 10.6. The lowest BCUT2D eigenvalue weighted by molar-refractivity contribution is -0.149. The van der Waals surface area contributed by atoms with Crippen molar-refractivity contribution in [3.63, 3.8) is 0 Å². The van der Waals surface area contributed by atoms with Crippen LogP contribution in [0.2, 0.25) is 0 Å². The molecule has 0 saturated heterocycles. The molecular formula is C20H38N2O9. The van der Waals surface area contributed by atoms with Crippen LogP contribution in [0.25, 0.3) is 0 Å². The molecule has 11 heteroatoms. The number of carbonyl (C=O) groups excluding carboxylic acids is 2. The zero-order valence-corrected chi connectivity index (χ0v) is 18.3. The van der Waals surface area contributed by atoms with Crippen LogP contribution in [-0.4, -0.2) is 103 Å². The van der Waals surface area contributed by atoms with Crippen LogP contribution in [0, 0.1) is 0 Å². The molecule has 0 heterocycles. The van der Waals surface area contributed by atoms with Crippen molar-refractivity contribution in [1.82, 2.24) is 10.6 Å². The van der Waals surface area contributed by atoms with E-state index in [1.54, 1.807) is 0 Å². The molecule has 0 saturated carbocycles. The van der Waals surface area contributed by atoms with Crippen LogP contribution in [0.5, 0.6) is 0 Å². The fourth-order valence-electron chi connectivity index (χ4n) is 2.27. The van der Waals surface area contributed by atoms with E-state index in [2.05, 4.69) is 15.4 Å². The Labute approximate surface area is 184 Å². The molecule has 0 aromatic carbocycles. The molecule has 0 rings (SSSR count). The molecule has 0 bridgehead atoms. The summed E-state index contributed by atoms with van der Waals surface area (Å²) in [6.45, 7) is 6.21. The zero-order valence-electron chi connectivity index (χ0n) is 18.3. The Kier molecular flexibility index (Phi) is 23.3. The summed E-state index contributed by atoms with van der Waals surface area (Å²) in [7, 11) is 0. The highest BCUT2D eigenvalue weighted by Crippen LogP contribution is 1.97. The Morgan fingerprint density at radius 1 is 0.677 bits per heavy atom. The van der Waals surface area contributed by atoms with E-state index in [9.17, 15) is 14.4 Å². The summed E-state index contributed by atoms with van der Waals surface area (Å²) in [6.07, 6.45) is 4.45. The number of carbonyl (C=O) groups is 3. The highest BCUT2D eigenvalue weighted by Gasteiger charge is 1.98. The van der Waals surface area contributed by atoms with Gasteiger partial charge in [-0.25, -0.2) is 4.79 Å². The third-order valence-electron chi connectivity index (χ3n) is 3.87. The number of ether oxygens (including phenoxy) is 5. The van der Waals surface area contributed by atoms with Gasteiger partial charge in [-0.1, -0.05) is 12.8 Å². The molecule has 0 atom stereocenters. The van der Waals surface area contributed by atoms with Gasteiger partial charge in [-0.2, -0.15) is 0 Å². The molecule has 0 unspecified atom stereocenters. The van der Waals surface area contributed by atoms with Crippen molar-refractivity contribution in [2.75, 3.05) is 79.2 Å². The average Bonchev–Trinajstić information content (AvgIpc) is 2.76. The first-order valence-corrected chi connectivity index (χ1v) is 10.7. The Hall–Kier alpha value is -1.63. The molecule has 0 radical (unpaired) electrons. The lowest BCUT2D eigenvalue weighted by atomic mass is 10.2. The van der Waals surface area contributed by atoms with Crippen LogP contribution in [0.15, 0.2) is 0 Å². The van der Waals surface area contributed by atoms with Crippen molar-refractivity contribution < 1.29 is 43.2 Å². The predicted octanol–water partition coefficient (Wildman–Crippen LogP) is -0.0333. The van der Waals surface area contributed by atoms with Crippen molar-refractivity contribution in [3.05, 3.63) is 0 Å². The second kappa shape index (κ2) is 24.6. The molecule has 0 spiro atoms. The van der Waals surface area contributed by atoms with Crippen LogP contribution in [-0.2, 0) is 38.1 Å². The second-order valence-electron chi connectivity index (χ2n) is 6.48. The minimum absolute atomic E-state index is 0.00419. The molecular weight excluding hydrogens is 412 g/mol. The van der Waals surface area contributed by atoms with Gasteiger partial charge in [-0.15, -0.1) is 0 Å². The number of rotatable bonds is 25. The lowest BCUT2D eigenvalue weighted by Gasteiger charge is -2.08. The van der Waals surface area contributed by atoms with Crippen LogP contribution in [0.3, 0.4) is 0 Å². The maximum absolute atomic E-state index is 10.6. The first kappa shape index (κ1) is 29.4. The number of aliphatic carboxylic acids is 1. The fraction of sp³-hybridized carbons (Fsp3) is 0.850. The fourth-order valence-corrected chi connectivity index (χ4v) is 2.27. The number of nitrogens with one attached hydrogen (secondary N) is 2. The molecule has 0 amide bonds. The van der Waals surface area contributed by atoms with E-state index in [-0.39, 0.29) is 26.0 Å². The third kappa shape index (κ3) is 26.3. The minimum Gasteiger partial charge on any atom is -0.481 e. The lowest BCUT2D eigenvalue weighted by Crippen LogP contribution is -2.22. The first-order valence-electron chi connectivity index (χ1n) is 10.7. The largest absolute Gasteiger partial charge is 0.481 e. The molecule has 3 N–H and O–H groups in total. The summed E-state index contributed by atoms with van der Waals surface area (Å²) in [5, 5.41) is 14.7. The SMILES string of the molecule is O=CC(=O)OCNCCCCCCNCCOCCOCCOCCOCCC(=O)O. The van der Waals surface area contributed by atoms with Crippen LogP contribution in [0.1, 0.15) is 32.1 Å². The number of aldehydes is 1. The monoisotopic (exact) mass is 450 g/mol. The van der Waals surface area contributed by atoms with Crippen molar-refractivity contribution in [1.29, 1.82) is 0 Å². The number of hydrogen-bond acceptors (Lipinski definition) is 10. The smallest absolute Gasteiger partial charge is 0.372 e. The molecule has 11 nitrogen and oxygen atoms in total.